The van der Waals surface area contributed by atoms with Crippen LogP contribution in [0.4, 0.5) is 0 Å². The number of carbonyl (C=O) groups is 1. The molecule has 0 aliphatic heterocycles. The second-order valence-electron chi connectivity index (χ2n) is 3.33. The Balaban J connectivity index is 2.23. The van der Waals surface area contributed by atoms with Crippen molar-refractivity contribution in [1.29, 1.82) is 0 Å². The zero-order chi connectivity index (χ0) is 11.4. The summed E-state index contributed by atoms with van der Waals surface area (Å²) in [5.74, 6) is -0.819. The van der Waals surface area contributed by atoms with Gasteiger partial charge in [0.1, 0.15) is 0 Å². The quantitative estimate of drug-likeness (QED) is 0.840. The first kappa shape index (κ1) is 10.4. The molecule has 0 aliphatic carbocycles. The molecule has 0 aliphatic rings. The van der Waals surface area contributed by atoms with Gasteiger partial charge in [-0.1, -0.05) is 6.07 Å². The van der Waals surface area contributed by atoms with Crippen LogP contribution in [0.3, 0.4) is 0 Å². The van der Waals surface area contributed by atoms with Crippen molar-refractivity contribution in [3.63, 3.8) is 0 Å². The lowest BCUT2D eigenvalue weighted by Crippen LogP contribution is -2.05. The van der Waals surface area contributed by atoms with E-state index in [-0.39, 0.29) is 6.42 Å². The van der Waals surface area contributed by atoms with E-state index in [4.69, 9.17) is 5.11 Å². The number of imidazole rings is 1. The van der Waals surface area contributed by atoms with Gasteiger partial charge in [0, 0.05) is 12.7 Å². The molecular weight excluding hydrogens is 206 g/mol. The molecule has 0 radical (unpaired) electrons. The minimum atomic E-state index is -0.819. The molecule has 0 unspecified atom stereocenters. The van der Waals surface area contributed by atoms with Crippen molar-refractivity contribution < 1.29 is 9.90 Å². The number of aryl methyl sites for hydroxylation is 1. The summed E-state index contributed by atoms with van der Waals surface area (Å²) in [7, 11) is 0. The van der Waals surface area contributed by atoms with E-state index in [1.54, 1.807) is 23.3 Å². The van der Waals surface area contributed by atoms with Crippen molar-refractivity contribution in [1.82, 2.24) is 14.5 Å². The number of nitrogens with zero attached hydrogens (tertiary/aromatic N) is 3. The molecule has 2 heterocycles. The zero-order valence-electron chi connectivity index (χ0n) is 8.58. The highest BCUT2D eigenvalue weighted by Crippen LogP contribution is 2.15. The molecule has 0 saturated heterocycles. The van der Waals surface area contributed by atoms with E-state index in [1.165, 1.54) is 0 Å². The van der Waals surface area contributed by atoms with Gasteiger partial charge in [-0.05, 0) is 12.1 Å². The van der Waals surface area contributed by atoms with Crippen LogP contribution >= 0.6 is 0 Å². The van der Waals surface area contributed by atoms with Gasteiger partial charge in [0.2, 0.25) is 0 Å². The highest BCUT2D eigenvalue weighted by Gasteiger charge is 2.06. The Morgan fingerprint density at radius 1 is 1.44 bits per heavy atom. The van der Waals surface area contributed by atoms with Gasteiger partial charge in [0.05, 0.1) is 30.3 Å². The summed E-state index contributed by atoms with van der Waals surface area (Å²) >= 11 is 0. The molecule has 0 spiro atoms. The number of hydrogen-bond donors (Lipinski definition) is 1. The Morgan fingerprint density at radius 2 is 2.31 bits per heavy atom. The number of hydrogen-bond acceptors (Lipinski definition) is 3. The molecule has 0 aromatic carbocycles. The van der Waals surface area contributed by atoms with Crippen LogP contribution in [-0.2, 0) is 11.3 Å². The van der Waals surface area contributed by atoms with Crippen LogP contribution in [0.1, 0.15) is 6.42 Å². The fourth-order valence-electron chi connectivity index (χ4n) is 1.44. The number of carboxylic acid groups (broad SMARTS) is 1. The van der Waals surface area contributed by atoms with Gasteiger partial charge < -0.3 is 9.67 Å². The molecule has 2 aromatic heterocycles. The van der Waals surface area contributed by atoms with Crippen LogP contribution in [0, 0.1) is 0 Å². The summed E-state index contributed by atoms with van der Waals surface area (Å²) in [6, 6.07) is 5.59. The second-order valence-corrected chi connectivity index (χ2v) is 3.33. The lowest BCUT2D eigenvalue weighted by atomic mass is 10.3. The van der Waals surface area contributed by atoms with E-state index in [9.17, 15) is 4.79 Å². The predicted molar refractivity (Wildman–Crippen MR) is 57.7 cm³/mol. The van der Waals surface area contributed by atoms with Gasteiger partial charge >= 0.3 is 5.97 Å². The largest absolute Gasteiger partial charge is 0.481 e. The second kappa shape index (κ2) is 4.57. The monoisotopic (exact) mass is 217 g/mol. The Hall–Kier alpha value is -2.17. The molecule has 0 fully saturated rings. The van der Waals surface area contributed by atoms with Crippen LogP contribution in [0.2, 0.25) is 0 Å². The molecule has 16 heavy (non-hydrogen) atoms. The Morgan fingerprint density at radius 3 is 3.00 bits per heavy atom. The van der Waals surface area contributed by atoms with E-state index < -0.39 is 5.97 Å². The summed E-state index contributed by atoms with van der Waals surface area (Å²) in [4.78, 5) is 18.7. The molecule has 2 rings (SSSR count). The number of carboxylic acids is 1. The third kappa shape index (κ3) is 2.25. The van der Waals surface area contributed by atoms with E-state index in [2.05, 4.69) is 9.97 Å². The Labute approximate surface area is 92.4 Å². The highest BCUT2D eigenvalue weighted by atomic mass is 16.4. The van der Waals surface area contributed by atoms with Crippen molar-refractivity contribution in [3.05, 3.63) is 36.9 Å². The van der Waals surface area contributed by atoms with E-state index >= 15 is 0 Å². The lowest BCUT2D eigenvalue weighted by molar-refractivity contribution is -0.137. The number of rotatable bonds is 4. The summed E-state index contributed by atoms with van der Waals surface area (Å²) in [6.07, 6.45) is 5.08. The van der Waals surface area contributed by atoms with E-state index in [0.29, 0.717) is 6.54 Å². The fourth-order valence-corrected chi connectivity index (χ4v) is 1.44. The van der Waals surface area contributed by atoms with Gasteiger partial charge in [-0.3, -0.25) is 9.78 Å². The Bertz CT molecular complexity index is 479. The first-order valence-corrected chi connectivity index (χ1v) is 4.90. The van der Waals surface area contributed by atoms with Gasteiger partial charge in [-0.15, -0.1) is 0 Å². The van der Waals surface area contributed by atoms with Gasteiger partial charge in [0.25, 0.3) is 0 Å². The minimum absolute atomic E-state index is 0.0796. The average Bonchev–Trinajstić information content (AvgIpc) is 2.75. The van der Waals surface area contributed by atoms with Crippen molar-refractivity contribution in [2.75, 3.05) is 0 Å². The molecule has 1 N–H and O–H groups in total. The van der Waals surface area contributed by atoms with Crippen LogP contribution in [0.15, 0.2) is 36.9 Å². The normalized spacial score (nSPS) is 10.2. The third-order valence-corrected chi connectivity index (χ3v) is 2.21. The van der Waals surface area contributed by atoms with Gasteiger partial charge in [-0.25, -0.2) is 4.98 Å². The van der Waals surface area contributed by atoms with Crippen LogP contribution < -0.4 is 0 Å². The lowest BCUT2D eigenvalue weighted by Gasteiger charge is -2.05. The first-order chi connectivity index (χ1) is 7.77. The van der Waals surface area contributed by atoms with Crippen molar-refractivity contribution >= 4 is 5.97 Å². The van der Waals surface area contributed by atoms with Crippen molar-refractivity contribution in [2.45, 2.75) is 13.0 Å². The molecule has 5 heteroatoms. The maximum absolute atomic E-state index is 10.5. The summed E-state index contributed by atoms with van der Waals surface area (Å²) in [5, 5.41) is 8.62. The van der Waals surface area contributed by atoms with E-state index in [1.807, 2.05) is 18.2 Å². The molecule has 2 aromatic rings. The van der Waals surface area contributed by atoms with Gasteiger partial charge in [-0.2, -0.15) is 0 Å². The molecular formula is C11H11N3O2. The smallest absolute Gasteiger partial charge is 0.305 e. The topological polar surface area (TPSA) is 68.0 Å². The summed E-state index contributed by atoms with van der Waals surface area (Å²) < 4.78 is 1.79. The Kier molecular flexibility index (Phi) is 2.95. The van der Waals surface area contributed by atoms with Crippen LogP contribution in [-0.4, -0.2) is 25.6 Å². The predicted octanol–water partition coefficient (Wildman–Crippen LogP) is 1.42. The first-order valence-electron chi connectivity index (χ1n) is 4.90. The molecule has 0 saturated carbocycles. The number of aromatic nitrogens is 3. The standard InChI is InChI=1S/C11H11N3O2/c15-11(16)4-6-14-8-12-7-10(14)9-3-1-2-5-13-9/h1-3,5,7-8H,4,6H2,(H,15,16). The molecule has 5 nitrogen and oxygen atoms in total. The maximum Gasteiger partial charge on any atom is 0.305 e. The molecule has 0 bridgehead atoms. The molecule has 82 valence electrons. The van der Waals surface area contributed by atoms with Crippen molar-refractivity contribution in [3.8, 4) is 11.4 Å². The number of pyridine rings is 1. The third-order valence-electron chi connectivity index (χ3n) is 2.21. The maximum atomic E-state index is 10.5. The molecule has 0 atom stereocenters. The fraction of sp³-hybridized carbons (Fsp3) is 0.182. The SMILES string of the molecule is O=C(O)CCn1cncc1-c1ccccn1. The number of aliphatic carboxylic acids is 1. The minimum Gasteiger partial charge on any atom is -0.481 e. The van der Waals surface area contributed by atoms with E-state index in [0.717, 1.165) is 11.4 Å². The van der Waals surface area contributed by atoms with Crippen LogP contribution in [0.5, 0.6) is 0 Å². The summed E-state index contributed by atoms with van der Waals surface area (Å²) in [5.41, 5.74) is 1.63. The van der Waals surface area contributed by atoms with Crippen LogP contribution in [0.25, 0.3) is 11.4 Å². The molecule has 0 amide bonds. The zero-order valence-corrected chi connectivity index (χ0v) is 8.58. The van der Waals surface area contributed by atoms with Gasteiger partial charge in [0.15, 0.2) is 0 Å². The summed E-state index contributed by atoms with van der Waals surface area (Å²) in [6.45, 7) is 0.404. The average molecular weight is 217 g/mol. The highest BCUT2D eigenvalue weighted by molar-refractivity contribution is 5.66. The van der Waals surface area contributed by atoms with Crippen molar-refractivity contribution in [2.24, 2.45) is 0 Å².